The van der Waals surface area contributed by atoms with Crippen LogP contribution in [0.2, 0.25) is 0 Å². The molecule has 1 saturated heterocycles. The molecule has 4 nitrogen and oxygen atoms in total. The minimum Gasteiger partial charge on any atom is -0.348 e. The van der Waals surface area contributed by atoms with Gasteiger partial charge in [0, 0.05) is 23.6 Å². The van der Waals surface area contributed by atoms with Crippen LogP contribution in [0.4, 0.5) is 0 Å². The largest absolute Gasteiger partial charge is 0.348 e. The first-order valence-corrected chi connectivity index (χ1v) is 7.86. The van der Waals surface area contributed by atoms with Crippen LogP contribution in [0.1, 0.15) is 31.4 Å². The van der Waals surface area contributed by atoms with Crippen molar-refractivity contribution in [3.8, 4) is 0 Å². The molecule has 0 aromatic heterocycles. The van der Waals surface area contributed by atoms with Gasteiger partial charge in [0.25, 0.3) is 0 Å². The van der Waals surface area contributed by atoms with Crippen LogP contribution in [-0.4, -0.2) is 36.5 Å². The fourth-order valence-electron chi connectivity index (χ4n) is 2.44. The van der Waals surface area contributed by atoms with Crippen LogP contribution in [0.5, 0.6) is 0 Å². The van der Waals surface area contributed by atoms with Gasteiger partial charge in [0.05, 0.1) is 12.6 Å². The summed E-state index contributed by atoms with van der Waals surface area (Å²) >= 11 is 3.41. The predicted octanol–water partition coefficient (Wildman–Crippen LogP) is 2.05. The van der Waals surface area contributed by atoms with Crippen LogP contribution >= 0.6 is 15.9 Å². The molecule has 1 fully saturated rings. The lowest BCUT2D eigenvalue weighted by molar-refractivity contribution is -0.123. The molecule has 20 heavy (non-hydrogen) atoms. The summed E-state index contributed by atoms with van der Waals surface area (Å²) in [6.07, 6.45) is 1.96. The second-order valence-corrected chi connectivity index (χ2v) is 6.37. The highest BCUT2D eigenvalue weighted by molar-refractivity contribution is 9.10. The summed E-state index contributed by atoms with van der Waals surface area (Å²) < 4.78 is 1.05. The smallest absolute Gasteiger partial charge is 0.234 e. The zero-order valence-corrected chi connectivity index (χ0v) is 13.4. The number of halogens is 1. The average Bonchev–Trinajstić information content (AvgIpc) is 2.42. The number of hydrogen-bond donors (Lipinski definition) is 2. The molecule has 1 aromatic carbocycles. The summed E-state index contributed by atoms with van der Waals surface area (Å²) in [6.45, 7) is 4.31. The monoisotopic (exact) mass is 339 g/mol. The summed E-state index contributed by atoms with van der Waals surface area (Å²) in [4.78, 5) is 14.2. The number of hydrogen-bond acceptors (Lipinski definition) is 3. The Hall–Kier alpha value is -0.910. The molecule has 110 valence electrons. The molecule has 3 N–H and O–H groups in total. The minimum atomic E-state index is 0.0302. The molecule has 1 aromatic rings. The lowest BCUT2D eigenvalue weighted by Crippen LogP contribution is -2.44. The number of rotatable bonds is 4. The van der Waals surface area contributed by atoms with Gasteiger partial charge in [-0.2, -0.15) is 0 Å². The Morgan fingerprint density at radius 1 is 1.40 bits per heavy atom. The number of nitrogens with two attached hydrogens (primary N) is 1. The van der Waals surface area contributed by atoms with Crippen LogP contribution in [0.25, 0.3) is 0 Å². The number of likely N-dealkylation sites (tertiary alicyclic amines) is 1. The third-order valence-electron chi connectivity index (χ3n) is 3.75. The molecule has 1 heterocycles. The van der Waals surface area contributed by atoms with Crippen LogP contribution in [-0.2, 0) is 4.79 Å². The first kappa shape index (κ1) is 15.5. The molecule has 0 radical (unpaired) electrons. The van der Waals surface area contributed by atoms with Crippen molar-refractivity contribution in [3.63, 3.8) is 0 Å². The highest BCUT2D eigenvalue weighted by Gasteiger charge is 2.19. The van der Waals surface area contributed by atoms with Crippen molar-refractivity contribution in [2.24, 2.45) is 5.73 Å². The lowest BCUT2D eigenvalue weighted by atomic mass is 10.1. The highest BCUT2D eigenvalue weighted by Crippen LogP contribution is 2.16. The second kappa shape index (κ2) is 7.20. The normalized spacial score (nSPS) is 18.8. The second-order valence-electron chi connectivity index (χ2n) is 5.45. The van der Waals surface area contributed by atoms with Gasteiger partial charge in [-0.15, -0.1) is 0 Å². The van der Waals surface area contributed by atoms with E-state index >= 15 is 0 Å². The standard InChI is InChI=1S/C15H22BrN3O/c1-11(12-2-4-13(16)5-3-12)18-15(20)10-19-8-6-14(17)7-9-19/h2-5,11,14H,6-10,17H2,1H3,(H,18,20)/t11-/m1/s1. The Morgan fingerprint density at radius 3 is 2.60 bits per heavy atom. The highest BCUT2D eigenvalue weighted by atomic mass is 79.9. The number of nitrogens with one attached hydrogen (secondary N) is 1. The van der Waals surface area contributed by atoms with Gasteiger partial charge in [0.1, 0.15) is 0 Å². The van der Waals surface area contributed by atoms with Crippen molar-refractivity contribution >= 4 is 21.8 Å². The lowest BCUT2D eigenvalue weighted by Gasteiger charge is -2.29. The van der Waals surface area contributed by atoms with E-state index in [1.807, 2.05) is 31.2 Å². The summed E-state index contributed by atoms with van der Waals surface area (Å²) in [7, 11) is 0. The van der Waals surface area contributed by atoms with Crippen molar-refractivity contribution in [2.45, 2.75) is 31.8 Å². The van der Waals surface area contributed by atoms with E-state index in [4.69, 9.17) is 5.73 Å². The maximum Gasteiger partial charge on any atom is 0.234 e. The minimum absolute atomic E-state index is 0.0302. The number of amides is 1. The van der Waals surface area contributed by atoms with Crippen LogP contribution in [0, 0.1) is 0 Å². The average molecular weight is 340 g/mol. The molecular weight excluding hydrogens is 318 g/mol. The number of benzene rings is 1. The quantitative estimate of drug-likeness (QED) is 0.882. The first-order valence-electron chi connectivity index (χ1n) is 7.07. The van der Waals surface area contributed by atoms with E-state index < -0.39 is 0 Å². The number of carbonyl (C=O) groups is 1. The zero-order chi connectivity index (χ0) is 14.5. The molecule has 1 aliphatic rings. The molecule has 2 rings (SSSR count). The summed E-state index contributed by atoms with van der Waals surface area (Å²) in [5.41, 5.74) is 6.98. The van der Waals surface area contributed by atoms with E-state index in [9.17, 15) is 4.79 Å². The molecule has 5 heteroatoms. The van der Waals surface area contributed by atoms with Crippen molar-refractivity contribution in [3.05, 3.63) is 34.3 Å². The van der Waals surface area contributed by atoms with E-state index in [1.54, 1.807) is 0 Å². The van der Waals surface area contributed by atoms with Gasteiger partial charge in [-0.25, -0.2) is 0 Å². The van der Waals surface area contributed by atoms with Gasteiger partial charge < -0.3 is 11.1 Å². The van der Waals surface area contributed by atoms with Gasteiger partial charge >= 0.3 is 0 Å². The topological polar surface area (TPSA) is 58.4 Å². The maximum absolute atomic E-state index is 12.1. The predicted molar refractivity (Wildman–Crippen MR) is 84.3 cm³/mol. The van der Waals surface area contributed by atoms with Crippen molar-refractivity contribution < 1.29 is 4.79 Å². The molecule has 1 amide bonds. The molecular formula is C15H22BrN3O. The van der Waals surface area contributed by atoms with Gasteiger partial charge in [0.2, 0.25) is 5.91 Å². The Bertz CT molecular complexity index is 441. The van der Waals surface area contributed by atoms with E-state index in [2.05, 4.69) is 26.1 Å². The molecule has 1 aliphatic heterocycles. The molecule has 0 bridgehead atoms. The third kappa shape index (κ3) is 4.58. The van der Waals surface area contributed by atoms with E-state index in [0.29, 0.717) is 12.6 Å². The fourth-order valence-corrected chi connectivity index (χ4v) is 2.70. The first-order chi connectivity index (χ1) is 9.54. The van der Waals surface area contributed by atoms with E-state index in [0.717, 1.165) is 36.0 Å². The molecule has 0 spiro atoms. The van der Waals surface area contributed by atoms with Gasteiger partial charge in [0.15, 0.2) is 0 Å². The Labute approximate surface area is 128 Å². The Morgan fingerprint density at radius 2 is 2.00 bits per heavy atom. The van der Waals surface area contributed by atoms with Crippen LogP contribution < -0.4 is 11.1 Å². The Kier molecular flexibility index (Phi) is 5.57. The molecule has 1 atom stereocenters. The third-order valence-corrected chi connectivity index (χ3v) is 4.28. The van der Waals surface area contributed by atoms with Crippen LogP contribution in [0.3, 0.4) is 0 Å². The van der Waals surface area contributed by atoms with Gasteiger partial charge in [-0.05, 0) is 37.5 Å². The number of nitrogens with zero attached hydrogens (tertiary/aromatic N) is 1. The molecule has 0 aliphatic carbocycles. The van der Waals surface area contributed by atoms with E-state index in [1.165, 1.54) is 0 Å². The SMILES string of the molecule is C[C@@H](NC(=O)CN1CCC(N)CC1)c1ccc(Br)cc1. The van der Waals surface area contributed by atoms with Crippen molar-refractivity contribution in [1.82, 2.24) is 10.2 Å². The van der Waals surface area contributed by atoms with E-state index in [-0.39, 0.29) is 11.9 Å². The summed E-state index contributed by atoms with van der Waals surface area (Å²) in [5, 5.41) is 3.05. The molecule has 0 saturated carbocycles. The van der Waals surface area contributed by atoms with Gasteiger partial charge in [-0.1, -0.05) is 28.1 Å². The van der Waals surface area contributed by atoms with Crippen molar-refractivity contribution in [1.29, 1.82) is 0 Å². The Balaban J connectivity index is 1.80. The number of piperidine rings is 1. The number of carbonyl (C=O) groups excluding carboxylic acids is 1. The zero-order valence-electron chi connectivity index (χ0n) is 11.8. The maximum atomic E-state index is 12.1. The van der Waals surface area contributed by atoms with Crippen molar-refractivity contribution in [2.75, 3.05) is 19.6 Å². The summed E-state index contributed by atoms with van der Waals surface area (Å²) in [6, 6.07) is 8.36. The fraction of sp³-hybridized carbons (Fsp3) is 0.533. The van der Waals surface area contributed by atoms with Crippen LogP contribution in [0.15, 0.2) is 28.7 Å². The van der Waals surface area contributed by atoms with Gasteiger partial charge in [-0.3, -0.25) is 9.69 Å². The molecule has 0 unspecified atom stereocenters. The summed E-state index contributed by atoms with van der Waals surface area (Å²) in [5.74, 6) is 0.0795.